The molecule has 0 aliphatic carbocycles. The second-order valence-electron chi connectivity index (χ2n) is 6.33. The van der Waals surface area contributed by atoms with Crippen molar-refractivity contribution in [2.45, 2.75) is 0 Å². The molecule has 3 aromatic carbocycles. The van der Waals surface area contributed by atoms with E-state index >= 15 is 0 Å². The first kappa shape index (κ1) is 20.3. The number of hydrogen-bond acceptors (Lipinski definition) is 5. The van der Waals surface area contributed by atoms with Gasteiger partial charge in [-0.3, -0.25) is 9.10 Å². The number of nitrogens with one attached hydrogen (secondary N) is 1. The normalized spacial score (nSPS) is 11.5. The van der Waals surface area contributed by atoms with E-state index in [4.69, 9.17) is 4.74 Å². The van der Waals surface area contributed by atoms with E-state index in [0.717, 1.165) is 26.9 Å². The van der Waals surface area contributed by atoms with Gasteiger partial charge in [0.25, 0.3) is 5.91 Å². The molecule has 0 aliphatic rings. The lowest BCUT2D eigenvalue weighted by Crippen LogP contribution is -2.39. The molecular weight excluding hydrogens is 390 g/mol. The SMILES string of the molecule is COc1ccc(N(CC(=O)N/N=C/c2cccc3ccccc23)S(C)(=O)=O)cc1. The third-order valence-electron chi connectivity index (χ3n) is 4.26. The number of anilines is 1. The predicted octanol–water partition coefficient (Wildman–Crippen LogP) is 2.76. The molecule has 8 heteroatoms. The van der Waals surface area contributed by atoms with Crippen LogP contribution in [0.4, 0.5) is 5.69 Å². The molecule has 0 bridgehead atoms. The van der Waals surface area contributed by atoms with Crippen molar-refractivity contribution in [3.8, 4) is 5.75 Å². The summed E-state index contributed by atoms with van der Waals surface area (Å²) in [4.78, 5) is 12.3. The molecule has 0 aromatic heterocycles. The Morgan fingerprint density at radius 2 is 1.76 bits per heavy atom. The summed E-state index contributed by atoms with van der Waals surface area (Å²) < 4.78 is 30.4. The molecule has 0 saturated carbocycles. The fourth-order valence-electron chi connectivity index (χ4n) is 2.85. The zero-order chi connectivity index (χ0) is 20.9. The lowest BCUT2D eigenvalue weighted by Gasteiger charge is -2.21. The van der Waals surface area contributed by atoms with Crippen molar-refractivity contribution < 1.29 is 17.9 Å². The van der Waals surface area contributed by atoms with Crippen LogP contribution in [0.25, 0.3) is 10.8 Å². The molecule has 0 radical (unpaired) electrons. The minimum Gasteiger partial charge on any atom is -0.497 e. The van der Waals surface area contributed by atoms with Crippen molar-refractivity contribution >= 4 is 38.6 Å². The second-order valence-corrected chi connectivity index (χ2v) is 8.24. The van der Waals surface area contributed by atoms with Crippen LogP contribution >= 0.6 is 0 Å². The van der Waals surface area contributed by atoms with Gasteiger partial charge < -0.3 is 4.74 Å². The molecule has 3 aromatic rings. The zero-order valence-electron chi connectivity index (χ0n) is 16.1. The van der Waals surface area contributed by atoms with E-state index < -0.39 is 22.5 Å². The Balaban J connectivity index is 1.72. The number of benzene rings is 3. The fourth-order valence-corrected chi connectivity index (χ4v) is 3.71. The smallest absolute Gasteiger partial charge is 0.260 e. The Labute approximate surface area is 169 Å². The Morgan fingerprint density at radius 1 is 1.07 bits per heavy atom. The van der Waals surface area contributed by atoms with Gasteiger partial charge in [-0.05, 0) is 35.0 Å². The number of carbonyl (C=O) groups excluding carboxylic acids is 1. The topological polar surface area (TPSA) is 88.1 Å². The van der Waals surface area contributed by atoms with E-state index in [1.165, 1.54) is 7.11 Å². The molecular formula is C21H21N3O4S. The Hall–Kier alpha value is -3.39. The van der Waals surface area contributed by atoms with Crippen molar-refractivity contribution in [1.29, 1.82) is 0 Å². The summed E-state index contributed by atoms with van der Waals surface area (Å²) in [5.74, 6) is 0.0362. The zero-order valence-corrected chi connectivity index (χ0v) is 16.9. The first-order valence-electron chi connectivity index (χ1n) is 8.80. The molecule has 0 fully saturated rings. The van der Waals surface area contributed by atoms with Crippen molar-refractivity contribution in [2.24, 2.45) is 5.10 Å². The van der Waals surface area contributed by atoms with E-state index in [9.17, 15) is 13.2 Å². The van der Waals surface area contributed by atoms with Crippen molar-refractivity contribution in [2.75, 3.05) is 24.2 Å². The van der Waals surface area contributed by atoms with Crippen LogP contribution in [-0.4, -0.2) is 40.4 Å². The highest BCUT2D eigenvalue weighted by molar-refractivity contribution is 7.92. The first-order chi connectivity index (χ1) is 13.9. The maximum Gasteiger partial charge on any atom is 0.260 e. The maximum absolute atomic E-state index is 12.3. The number of methoxy groups -OCH3 is 1. The number of nitrogens with zero attached hydrogens (tertiary/aromatic N) is 2. The number of carbonyl (C=O) groups is 1. The molecule has 29 heavy (non-hydrogen) atoms. The van der Waals surface area contributed by atoms with Crippen LogP contribution in [0.5, 0.6) is 5.75 Å². The molecule has 0 unspecified atom stereocenters. The van der Waals surface area contributed by atoms with Crippen molar-refractivity contribution in [3.63, 3.8) is 0 Å². The minimum absolute atomic E-state index is 0.362. The van der Waals surface area contributed by atoms with Gasteiger partial charge in [0.05, 0.1) is 25.3 Å². The predicted molar refractivity (Wildman–Crippen MR) is 115 cm³/mol. The highest BCUT2D eigenvalue weighted by Gasteiger charge is 2.20. The summed E-state index contributed by atoms with van der Waals surface area (Å²) in [6.45, 7) is -0.391. The second kappa shape index (κ2) is 8.74. The fraction of sp³-hybridized carbons (Fsp3) is 0.143. The Morgan fingerprint density at radius 3 is 2.45 bits per heavy atom. The summed E-state index contributed by atoms with van der Waals surface area (Å²) in [7, 11) is -2.14. The molecule has 0 aliphatic heterocycles. The molecule has 1 amide bonds. The quantitative estimate of drug-likeness (QED) is 0.478. The van der Waals surface area contributed by atoms with Crippen LogP contribution < -0.4 is 14.5 Å². The highest BCUT2D eigenvalue weighted by atomic mass is 32.2. The van der Waals surface area contributed by atoms with Crippen LogP contribution in [0.1, 0.15) is 5.56 Å². The van der Waals surface area contributed by atoms with E-state index in [1.54, 1.807) is 30.5 Å². The van der Waals surface area contributed by atoms with E-state index in [2.05, 4.69) is 10.5 Å². The van der Waals surface area contributed by atoms with Crippen LogP contribution in [0.2, 0.25) is 0 Å². The van der Waals surface area contributed by atoms with Crippen LogP contribution in [0, 0.1) is 0 Å². The lowest BCUT2D eigenvalue weighted by molar-refractivity contribution is -0.119. The van der Waals surface area contributed by atoms with Crippen LogP contribution in [-0.2, 0) is 14.8 Å². The average Bonchev–Trinajstić information content (AvgIpc) is 2.71. The lowest BCUT2D eigenvalue weighted by atomic mass is 10.1. The maximum atomic E-state index is 12.3. The van der Waals surface area contributed by atoms with E-state index in [1.807, 2.05) is 42.5 Å². The summed E-state index contributed by atoms with van der Waals surface area (Å²) in [6, 6.07) is 20.0. The molecule has 1 N–H and O–H groups in total. The number of ether oxygens (including phenoxy) is 1. The monoisotopic (exact) mass is 411 g/mol. The Bertz CT molecular complexity index is 1140. The third kappa shape index (κ3) is 5.11. The first-order valence-corrected chi connectivity index (χ1v) is 10.6. The Kier molecular flexibility index (Phi) is 6.13. The number of sulfonamides is 1. The minimum atomic E-state index is -3.66. The molecule has 0 spiro atoms. The number of hydrogen-bond donors (Lipinski definition) is 1. The number of hydrazone groups is 1. The van der Waals surface area contributed by atoms with Gasteiger partial charge in [-0.25, -0.2) is 13.8 Å². The van der Waals surface area contributed by atoms with Gasteiger partial charge in [-0.15, -0.1) is 0 Å². The van der Waals surface area contributed by atoms with Gasteiger partial charge >= 0.3 is 0 Å². The average molecular weight is 411 g/mol. The summed E-state index contributed by atoms with van der Waals surface area (Å²) in [5.41, 5.74) is 3.60. The molecule has 150 valence electrons. The van der Waals surface area contributed by atoms with Gasteiger partial charge in [0.1, 0.15) is 12.3 Å². The largest absolute Gasteiger partial charge is 0.497 e. The molecule has 0 heterocycles. The number of rotatable bonds is 7. The van der Waals surface area contributed by atoms with E-state index in [-0.39, 0.29) is 0 Å². The van der Waals surface area contributed by atoms with E-state index in [0.29, 0.717) is 11.4 Å². The summed E-state index contributed by atoms with van der Waals surface area (Å²) >= 11 is 0. The third-order valence-corrected chi connectivity index (χ3v) is 5.40. The number of fused-ring (bicyclic) bond motifs is 1. The van der Waals surface area contributed by atoms with Gasteiger partial charge in [0.2, 0.25) is 10.0 Å². The molecule has 0 saturated heterocycles. The molecule has 7 nitrogen and oxygen atoms in total. The van der Waals surface area contributed by atoms with Crippen LogP contribution in [0.15, 0.2) is 71.8 Å². The highest BCUT2D eigenvalue weighted by Crippen LogP contribution is 2.21. The van der Waals surface area contributed by atoms with Gasteiger partial charge in [-0.1, -0.05) is 42.5 Å². The summed E-state index contributed by atoms with van der Waals surface area (Å²) in [5, 5.41) is 6.05. The molecule has 0 atom stereocenters. The van der Waals surface area contributed by atoms with Gasteiger partial charge in [0, 0.05) is 5.56 Å². The van der Waals surface area contributed by atoms with Gasteiger partial charge in [-0.2, -0.15) is 5.10 Å². The van der Waals surface area contributed by atoms with Crippen LogP contribution in [0.3, 0.4) is 0 Å². The summed E-state index contributed by atoms with van der Waals surface area (Å²) in [6.07, 6.45) is 2.59. The number of amides is 1. The molecule has 3 rings (SSSR count). The van der Waals surface area contributed by atoms with Gasteiger partial charge in [0.15, 0.2) is 0 Å². The standard InChI is InChI=1S/C21H21N3O4S/c1-28-19-12-10-18(11-13-19)24(29(2,26)27)15-21(25)23-22-14-17-8-5-7-16-6-3-4-9-20(16)17/h3-14H,15H2,1-2H3,(H,23,25)/b22-14+. The van der Waals surface area contributed by atoms with Crippen molar-refractivity contribution in [1.82, 2.24) is 5.43 Å². The van der Waals surface area contributed by atoms with Crippen molar-refractivity contribution in [3.05, 3.63) is 72.3 Å².